The summed E-state index contributed by atoms with van der Waals surface area (Å²) in [5.41, 5.74) is 0.617. The van der Waals surface area contributed by atoms with Crippen LogP contribution in [0.15, 0.2) is 30.3 Å². The number of nitrogens with one attached hydrogen (secondary N) is 3. The Labute approximate surface area is 219 Å². The molecule has 1 aromatic carbocycles. The molecule has 0 aromatic heterocycles. The minimum atomic E-state index is -3.58. The summed E-state index contributed by atoms with van der Waals surface area (Å²) in [4.78, 5) is 42.0. The van der Waals surface area contributed by atoms with Gasteiger partial charge in [0.05, 0.1) is 24.3 Å². The van der Waals surface area contributed by atoms with Gasteiger partial charge < -0.3 is 20.9 Å². The molecule has 0 spiro atoms. The molecule has 204 valence electrons. The third kappa shape index (κ3) is 5.99. The maximum absolute atomic E-state index is 14.1. The molecule has 0 unspecified atom stereocenters. The Hall–Kier alpha value is -2.50. The van der Waals surface area contributed by atoms with E-state index in [-0.39, 0.29) is 30.2 Å². The van der Waals surface area contributed by atoms with Gasteiger partial charge in [-0.15, -0.1) is 0 Å². The summed E-state index contributed by atoms with van der Waals surface area (Å²) in [5, 5.41) is 8.82. The summed E-state index contributed by atoms with van der Waals surface area (Å²) in [6.07, 6.45) is 6.41. The van der Waals surface area contributed by atoms with E-state index in [4.69, 9.17) is 0 Å². The summed E-state index contributed by atoms with van der Waals surface area (Å²) in [6.45, 7) is 2.11. The second-order valence-corrected chi connectivity index (χ2v) is 12.5. The number of carbonyl (C=O) groups is 3. The number of rotatable bonds is 8. The van der Waals surface area contributed by atoms with Crippen molar-refractivity contribution in [1.82, 2.24) is 19.8 Å². The number of nitrogens with zero attached hydrogens (tertiary/aromatic N) is 2. The molecule has 2 aliphatic heterocycles. The van der Waals surface area contributed by atoms with Crippen molar-refractivity contribution >= 4 is 33.4 Å². The molecule has 10 nitrogen and oxygen atoms in total. The van der Waals surface area contributed by atoms with E-state index in [0.717, 1.165) is 38.4 Å². The minimum Gasteiger partial charge on any atom is -0.343 e. The number of carbonyl (C=O) groups excluding carboxylic acids is 3. The zero-order valence-corrected chi connectivity index (χ0v) is 22.7. The fourth-order valence-corrected chi connectivity index (χ4v) is 7.26. The van der Waals surface area contributed by atoms with Gasteiger partial charge in [0.25, 0.3) is 0 Å². The third-order valence-corrected chi connectivity index (χ3v) is 9.45. The molecule has 2 saturated heterocycles. The van der Waals surface area contributed by atoms with Crippen LogP contribution in [0.1, 0.15) is 45.4 Å². The number of hydrogen-bond donors (Lipinski definition) is 3. The molecule has 5 atom stereocenters. The average Bonchev–Trinajstić information content (AvgIpc) is 3.48. The summed E-state index contributed by atoms with van der Waals surface area (Å²) in [7, 11) is -1.89. The number of fused-ring (bicyclic) bond motifs is 1. The molecular weight excluding hydrogens is 494 g/mol. The van der Waals surface area contributed by atoms with Gasteiger partial charge in [-0.1, -0.05) is 37.5 Å². The second kappa shape index (κ2) is 11.5. The summed E-state index contributed by atoms with van der Waals surface area (Å²) >= 11 is 0. The summed E-state index contributed by atoms with van der Waals surface area (Å²) in [5.74, 6) is -1.48. The maximum atomic E-state index is 14.1. The van der Waals surface area contributed by atoms with Crippen molar-refractivity contribution in [3.05, 3.63) is 30.3 Å². The molecule has 4 rings (SSSR count). The number of benzene rings is 1. The number of sulfonamides is 1. The van der Waals surface area contributed by atoms with Gasteiger partial charge in [0, 0.05) is 24.8 Å². The molecular formula is C26H39N5O5S. The maximum Gasteiger partial charge on any atom is 0.245 e. The Bertz CT molecular complexity index is 1090. The van der Waals surface area contributed by atoms with Crippen molar-refractivity contribution in [3.8, 4) is 0 Å². The molecule has 0 bridgehead atoms. The molecule has 11 heteroatoms. The van der Waals surface area contributed by atoms with Crippen LogP contribution >= 0.6 is 0 Å². The van der Waals surface area contributed by atoms with E-state index < -0.39 is 40.1 Å². The first-order chi connectivity index (χ1) is 17.6. The predicted molar refractivity (Wildman–Crippen MR) is 141 cm³/mol. The molecule has 0 radical (unpaired) electrons. The monoisotopic (exact) mass is 533 g/mol. The lowest BCUT2D eigenvalue weighted by Gasteiger charge is -2.36. The van der Waals surface area contributed by atoms with Crippen LogP contribution in [0, 0.1) is 11.8 Å². The average molecular weight is 534 g/mol. The molecule has 3 N–H and O–H groups in total. The van der Waals surface area contributed by atoms with E-state index >= 15 is 0 Å². The third-order valence-electron chi connectivity index (χ3n) is 8.18. The van der Waals surface area contributed by atoms with Crippen LogP contribution in [0.3, 0.4) is 0 Å². The molecule has 3 amide bonds. The molecule has 3 aliphatic rings. The van der Waals surface area contributed by atoms with Crippen LogP contribution < -0.4 is 16.0 Å². The quantitative estimate of drug-likeness (QED) is 0.460. The lowest BCUT2D eigenvalue weighted by molar-refractivity contribution is -0.140. The van der Waals surface area contributed by atoms with Crippen molar-refractivity contribution < 1.29 is 22.8 Å². The lowest BCUT2D eigenvalue weighted by atomic mass is 9.83. The van der Waals surface area contributed by atoms with Gasteiger partial charge in [0.15, 0.2) is 0 Å². The Kier molecular flexibility index (Phi) is 8.55. The highest BCUT2D eigenvalue weighted by atomic mass is 32.2. The second-order valence-electron chi connectivity index (χ2n) is 10.6. The van der Waals surface area contributed by atoms with Crippen molar-refractivity contribution in [2.45, 2.75) is 69.6 Å². The van der Waals surface area contributed by atoms with Crippen LogP contribution in [-0.2, 0) is 24.4 Å². The van der Waals surface area contributed by atoms with Gasteiger partial charge in [-0.05, 0) is 51.3 Å². The number of amides is 3. The normalized spacial score (nSPS) is 26.4. The molecule has 3 fully saturated rings. The highest BCUT2D eigenvalue weighted by molar-refractivity contribution is 7.88. The molecule has 1 aliphatic carbocycles. The van der Waals surface area contributed by atoms with E-state index in [0.29, 0.717) is 18.7 Å². The van der Waals surface area contributed by atoms with Crippen molar-refractivity contribution in [3.63, 3.8) is 0 Å². The number of hydrogen-bond acceptors (Lipinski definition) is 6. The minimum absolute atomic E-state index is 0.0114. The first-order valence-corrected chi connectivity index (χ1v) is 15.1. The lowest BCUT2D eigenvalue weighted by Crippen LogP contribution is -2.58. The van der Waals surface area contributed by atoms with Gasteiger partial charge in [-0.2, -0.15) is 4.31 Å². The van der Waals surface area contributed by atoms with Crippen molar-refractivity contribution in [1.29, 1.82) is 0 Å². The zero-order valence-electron chi connectivity index (χ0n) is 21.9. The molecule has 1 saturated carbocycles. The van der Waals surface area contributed by atoms with Crippen LogP contribution in [0.25, 0.3) is 0 Å². The fourth-order valence-electron chi connectivity index (χ4n) is 6.11. The topological polar surface area (TPSA) is 128 Å². The van der Waals surface area contributed by atoms with Crippen molar-refractivity contribution in [2.75, 3.05) is 31.7 Å². The Morgan fingerprint density at radius 2 is 1.70 bits per heavy atom. The Morgan fingerprint density at radius 1 is 1.03 bits per heavy atom. The van der Waals surface area contributed by atoms with Crippen LogP contribution in [-0.4, -0.2) is 85.9 Å². The standard InChI is InChI=1S/C26H39N5O5S/c1-17(27-2)24(32)29-22(18-10-6-4-7-11-18)26(34)30-15-14-21-23(30)20(16-31(21)37(3,35)36)25(33)28-19-12-8-5-9-13-19/h5,8-9,12-13,17-18,20-23,27H,4,6-7,10-11,14-16H2,1-3H3,(H,28,33)(H,29,32)/t17-,20-,21+,22-,23+/m0/s1. The first kappa shape index (κ1) is 27.5. The number of anilines is 1. The highest BCUT2D eigenvalue weighted by Gasteiger charge is 2.56. The van der Waals surface area contributed by atoms with Crippen LogP contribution in [0.5, 0.6) is 0 Å². The SMILES string of the molecule is CN[C@@H](C)C(=O)N[C@H](C(=O)N1CC[C@@H]2[C@H]1[C@@H](C(=O)Nc1ccccc1)CN2S(C)(=O)=O)C1CCCCC1. The molecule has 1 aromatic rings. The molecule has 37 heavy (non-hydrogen) atoms. The van der Waals surface area contributed by atoms with E-state index in [1.165, 1.54) is 4.31 Å². The van der Waals surface area contributed by atoms with E-state index in [2.05, 4.69) is 16.0 Å². The Morgan fingerprint density at radius 3 is 2.32 bits per heavy atom. The van der Waals surface area contributed by atoms with Gasteiger partial charge in [-0.25, -0.2) is 8.42 Å². The Balaban J connectivity index is 1.62. The van der Waals surface area contributed by atoms with Crippen LogP contribution in [0.2, 0.25) is 0 Å². The molecule has 2 heterocycles. The van der Waals surface area contributed by atoms with Gasteiger partial charge in [0.1, 0.15) is 6.04 Å². The van der Waals surface area contributed by atoms with E-state index in [1.54, 1.807) is 31.0 Å². The highest BCUT2D eigenvalue weighted by Crippen LogP contribution is 2.39. The summed E-state index contributed by atoms with van der Waals surface area (Å²) < 4.78 is 26.7. The van der Waals surface area contributed by atoms with Gasteiger partial charge >= 0.3 is 0 Å². The predicted octanol–water partition coefficient (Wildman–Crippen LogP) is 1.16. The van der Waals surface area contributed by atoms with Gasteiger partial charge in [-0.3, -0.25) is 14.4 Å². The largest absolute Gasteiger partial charge is 0.343 e. The fraction of sp³-hybridized carbons (Fsp3) is 0.654. The van der Waals surface area contributed by atoms with E-state index in [9.17, 15) is 22.8 Å². The number of likely N-dealkylation sites (N-methyl/N-ethyl adjacent to an activating group) is 1. The number of para-hydroxylation sites is 1. The first-order valence-electron chi connectivity index (χ1n) is 13.2. The van der Waals surface area contributed by atoms with Crippen LogP contribution in [0.4, 0.5) is 5.69 Å². The zero-order chi connectivity index (χ0) is 26.7. The smallest absolute Gasteiger partial charge is 0.245 e. The van der Waals surface area contributed by atoms with Crippen molar-refractivity contribution in [2.24, 2.45) is 11.8 Å². The summed E-state index contributed by atoms with van der Waals surface area (Å²) in [6, 6.07) is 6.80. The van der Waals surface area contributed by atoms with E-state index in [1.807, 2.05) is 18.2 Å². The number of likely N-dealkylation sites (tertiary alicyclic amines) is 1. The van der Waals surface area contributed by atoms with Gasteiger partial charge in [0.2, 0.25) is 27.7 Å².